The summed E-state index contributed by atoms with van der Waals surface area (Å²) in [6.45, 7) is 1.83. The normalized spacial score (nSPS) is 11.4. The van der Waals surface area contributed by atoms with Crippen molar-refractivity contribution in [2.45, 2.75) is 6.92 Å². The zero-order valence-corrected chi connectivity index (χ0v) is 18.3. The molecule has 1 N–H and O–H groups in total. The molecule has 0 spiro atoms. The SMILES string of the molecule is COc1cc(-c2cc3[nH]c(=O)n(-c4cncc5ccc(C)nc45)c(=O)c3s2)c(Cl)cc1F. The molecular weight excluding hydrogens is 455 g/mol. The molecule has 0 fully saturated rings. The number of pyridine rings is 2. The van der Waals surface area contributed by atoms with E-state index >= 15 is 0 Å². The topological polar surface area (TPSA) is 89.9 Å². The molecule has 0 aliphatic rings. The molecule has 0 radical (unpaired) electrons. The van der Waals surface area contributed by atoms with Crippen molar-refractivity contribution in [2.24, 2.45) is 0 Å². The van der Waals surface area contributed by atoms with Crippen LogP contribution in [0, 0.1) is 12.7 Å². The number of thiophene rings is 1. The van der Waals surface area contributed by atoms with Crippen LogP contribution in [0.25, 0.3) is 37.2 Å². The lowest BCUT2D eigenvalue weighted by atomic mass is 10.1. The van der Waals surface area contributed by atoms with E-state index in [1.54, 1.807) is 12.3 Å². The van der Waals surface area contributed by atoms with Crippen molar-refractivity contribution < 1.29 is 9.13 Å². The molecule has 0 amide bonds. The molecule has 32 heavy (non-hydrogen) atoms. The van der Waals surface area contributed by atoms with Gasteiger partial charge in [-0.1, -0.05) is 11.6 Å². The molecule has 5 rings (SSSR count). The molecule has 0 saturated carbocycles. The third kappa shape index (κ3) is 3.17. The Balaban J connectivity index is 1.77. The summed E-state index contributed by atoms with van der Waals surface area (Å²) in [6, 6.07) is 7.90. The number of aryl methyl sites for hydroxylation is 1. The largest absolute Gasteiger partial charge is 0.494 e. The number of hydrogen-bond donors (Lipinski definition) is 1. The van der Waals surface area contributed by atoms with Crippen LogP contribution in [0.2, 0.25) is 5.02 Å². The van der Waals surface area contributed by atoms with Gasteiger partial charge in [0.1, 0.15) is 4.70 Å². The molecule has 0 saturated heterocycles. The van der Waals surface area contributed by atoms with E-state index in [1.807, 2.05) is 19.1 Å². The second-order valence-electron chi connectivity index (χ2n) is 7.07. The molecule has 10 heteroatoms. The van der Waals surface area contributed by atoms with Crippen LogP contribution in [0.3, 0.4) is 0 Å². The average molecular weight is 469 g/mol. The van der Waals surface area contributed by atoms with E-state index in [2.05, 4.69) is 15.0 Å². The smallest absolute Gasteiger partial charge is 0.333 e. The first-order chi connectivity index (χ1) is 15.4. The maximum absolute atomic E-state index is 13.9. The highest BCUT2D eigenvalue weighted by molar-refractivity contribution is 7.22. The number of halogens is 2. The van der Waals surface area contributed by atoms with Crippen LogP contribution < -0.4 is 16.0 Å². The highest BCUT2D eigenvalue weighted by atomic mass is 35.5. The van der Waals surface area contributed by atoms with Gasteiger partial charge >= 0.3 is 5.69 Å². The Hall–Kier alpha value is -3.56. The number of nitrogens with zero attached hydrogens (tertiary/aromatic N) is 3. The van der Waals surface area contributed by atoms with E-state index in [0.717, 1.165) is 27.7 Å². The van der Waals surface area contributed by atoms with Crippen LogP contribution in [-0.2, 0) is 0 Å². The number of fused-ring (bicyclic) bond motifs is 2. The lowest BCUT2D eigenvalue weighted by Gasteiger charge is -2.08. The van der Waals surface area contributed by atoms with E-state index in [1.165, 1.54) is 19.4 Å². The van der Waals surface area contributed by atoms with Crippen molar-refractivity contribution in [1.29, 1.82) is 0 Å². The van der Waals surface area contributed by atoms with E-state index in [9.17, 15) is 14.0 Å². The van der Waals surface area contributed by atoms with Crippen LogP contribution in [0.4, 0.5) is 4.39 Å². The van der Waals surface area contributed by atoms with Crippen molar-refractivity contribution in [3.05, 3.63) is 80.1 Å². The summed E-state index contributed by atoms with van der Waals surface area (Å²) in [5, 5.41) is 0.868. The summed E-state index contributed by atoms with van der Waals surface area (Å²) in [7, 11) is 1.35. The molecule has 0 aliphatic heterocycles. The maximum Gasteiger partial charge on any atom is 0.333 e. The Bertz CT molecular complexity index is 1660. The van der Waals surface area contributed by atoms with Gasteiger partial charge in [-0.05, 0) is 37.3 Å². The molecule has 0 unspecified atom stereocenters. The first-order valence-corrected chi connectivity index (χ1v) is 10.6. The number of ether oxygens (including phenoxy) is 1. The quantitative estimate of drug-likeness (QED) is 0.422. The van der Waals surface area contributed by atoms with Gasteiger partial charge in [0.2, 0.25) is 0 Å². The number of methoxy groups -OCH3 is 1. The summed E-state index contributed by atoms with van der Waals surface area (Å²) < 4.78 is 20.3. The fourth-order valence-corrected chi connectivity index (χ4v) is 4.91. The number of hydrogen-bond acceptors (Lipinski definition) is 6. The number of rotatable bonds is 3. The number of aromatic amines is 1. The number of H-pyrrole nitrogens is 1. The Morgan fingerprint density at radius 1 is 1.19 bits per heavy atom. The molecule has 0 atom stereocenters. The molecular formula is C22H14ClFN4O3S. The van der Waals surface area contributed by atoms with Gasteiger partial charge in [-0.15, -0.1) is 11.3 Å². The van der Waals surface area contributed by atoms with Crippen LogP contribution in [0.5, 0.6) is 5.75 Å². The predicted molar refractivity (Wildman–Crippen MR) is 123 cm³/mol. The zero-order valence-electron chi connectivity index (χ0n) is 16.8. The average Bonchev–Trinajstić information content (AvgIpc) is 3.18. The highest BCUT2D eigenvalue weighted by Gasteiger charge is 2.18. The Kier molecular flexibility index (Phi) is 4.79. The molecule has 1 aromatic carbocycles. The van der Waals surface area contributed by atoms with Gasteiger partial charge in [0.15, 0.2) is 11.6 Å². The lowest BCUT2D eigenvalue weighted by molar-refractivity contribution is 0.387. The van der Waals surface area contributed by atoms with Gasteiger partial charge in [-0.3, -0.25) is 14.8 Å². The molecule has 5 aromatic rings. The monoisotopic (exact) mass is 468 g/mol. The summed E-state index contributed by atoms with van der Waals surface area (Å²) in [4.78, 5) is 38.2. The highest BCUT2D eigenvalue weighted by Crippen LogP contribution is 2.38. The van der Waals surface area contributed by atoms with Crippen molar-refractivity contribution in [3.63, 3.8) is 0 Å². The van der Waals surface area contributed by atoms with Crippen molar-refractivity contribution in [1.82, 2.24) is 19.5 Å². The molecule has 4 heterocycles. The third-order valence-corrected chi connectivity index (χ3v) is 6.51. The fourth-order valence-electron chi connectivity index (χ4n) is 3.52. The fraction of sp³-hybridized carbons (Fsp3) is 0.0909. The second kappa shape index (κ2) is 7.54. The lowest BCUT2D eigenvalue weighted by Crippen LogP contribution is -2.33. The Morgan fingerprint density at radius 2 is 2.00 bits per heavy atom. The minimum absolute atomic E-state index is 0.0241. The molecule has 0 aliphatic carbocycles. The first-order valence-electron chi connectivity index (χ1n) is 9.41. The first kappa shape index (κ1) is 20.3. The van der Waals surface area contributed by atoms with Gasteiger partial charge < -0.3 is 9.72 Å². The van der Waals surface area contributed by atoms with Crippen molar-refractivity contribution in [3.8, 4) is 21.9 Å². The van der Waals surface area contributed by atoms with Crippen LogP contribution in [-0.4, -0.2) is 26.6 Å². The van der Waals surface area contributed by atoms with E-state index < -0.39 is 17.1 Å². The number of nitrogens with one attached hydrogen (secondary N) is 1. The van der Waals surface area contributed by atoms with Crippen LogP contribution in [0.15, 0.2) is 52.3 Å². The van der Waals surface area contributed by atoms with Gasteiger partial charge in [0, 0.05) is 27.7 Å². The van der Waals surface area contributed by atoms with E-state index in [-0.39, 0.29) is 16.5 Å². The maximum atomic E-state index is 13.9. The minimum Gasteiger partial charge on any atom is -0.494 e. The summed E-state index contributed by atoms with van der Waals surface area (Å²) in [5.74, 6) is -0.569. The van der Waals surface area contributed by atoms with Crippen molar-refractivity contribution >= 4 is 44.1 Å². The summed E-state index contributed by atoms with van der Waals surface area (Å²) in [5.41, 5.74) is 1.24. The predicted octanol–water partition coefficient (Wildman–Crippen LogP) is 4.46. The van der Waals surface area contributed by atoms with Gasteiger partial charge in [-0.2, -0.15) is 0 Å². The standard InChI is InChI=1S/C22H14ClFN4O3S/c1-10-3-4-11-8-25-9-16(19(11)26-10)28-21(29)20-15(27-22(28)30)7-18(32-20)12-5-17(31-2)14(24)6-13(12)23/h3-9H,1-2H3,(H,27,30). The molecule has 0 bridgehead atoms. The minimum atomic E-state index is -0.618. The second-order valence-corrected chi connectivity index (χ2v) is 8.53. The van der Waals surface area contributed by atoms with Gasteiger partial charge in [-0.25, -0.2) is 13.8 Å². The van der Waals surface area contributed by atoms with Gasteiger partial charge in [0.25, 0.3) is 5.56 Å². The van der Waals surface area contributed by atoms with E-state index in [0.29, 0.717) is 31.6 Å². The van der Waals surface area contributed by atoms with Crippen LogP contribution in [0.1, 0.15) is 5.69 Å². The zero-order chi connectivity index (χ0) is 22.6. The Morgan fingerprint density at radius 3 is 2.78 bits per heavy atom. The number of aromatic nitrogens is 4. The van der Waals surface area contributed by atoms with E-state index in [4.69, 9.17) is 16.3 Å². The summed E-state index contributed by atoms with van der Waals surface area (Å²) in [6.07, 6.45) is 3.06. The third-order valence-electron chi connectivity index (χ3n) is 5.04. The molecule has 7 nitrogen and oxygen atoms in total. The Labute approximate surface area is 188 Å². The summed E-state index contributed by atoms with van der Waals surface area (Å²) >= 11 is 7.37. The molecule has 160 valence electrons. The molecule has 4 aromatic heterocycles. The van der Waals surface area contributed by atoms with Crippen LogP contribution >= 0.6 is 22.9 Å². The van der Waals surface area contributed by atoms with Crippen molar-refractivity contribution in [2.75, 3.05) is 7.11 Å². The van der Waals surface area contributed by atoms with Gasteiger partial charge in [0.05, 0.1) is 35.1 Å². The number of benzene rings is 1.